The van der Waals surface area contributed by atoms with Gasteiger partial charge in [0, 0.05) is 12.6 Å². The van der Waals surface area contributed by atoms with Crippen molar-refractivity contribution < 1.29 is 0 Å². The second kappa shape index (κ2) is 3.42. The highest BCUT2D eigenvalue weighted by atomic mass is 79.9. The quantitative estimate of drug-likeness (QED) is 0.857. The van der Waals surface area contributed by atoms with E-state index < -0.39 is 0 Å². The smallest absolute Gasteiger partial charge is 0.107 e. The van der Waals surface area contributed by atoms with Crippen LogP contribution in [-0.4, -0.2) is 16.3 Å². The van der Waals surface area contributed by atoms with Crippen molar-refractivity contribution in [1.82, 2.24) is 9.78 Å². The van der Waals surface area contributed by atoms with Gasteiger partial charge in [0.25, 0.3) is 0 Å². The summed E-state index contributed by atoms with van der Waals surface area (Å²) in [5.41, 5.74) is 8.23. The van der Waals surface area contributed by atoms with Gasteiger partial charge in [0.2, 0.25) is 0 Å². The molecule has 1 aliphatic rings. The Morgan fingerprint density at radius 2 is 2.46 bits per heavy atom. The van der Waals surface area contributed by atoms with E-state index in [1.54, 1.807) is 0 Å². The van der Waals surface area contributed by atoms with Crippen LogP contribution in [-0.2, 0) is 13.5 Å². The highest BCUT2D eigenvalue weighted by molar-refractivity contribution is 9.10. The van der Waals surface area contributed by atoms with Gasteiger partial charge < -0.3 is 5.73 Å². The highest BCUT2D eigenvalue weighted by Gasteiger charge is 2.28. The Kier molecular flexibility index (Phi) is 2.43. The maximum absolute atomic E-state index is 5.58. The van der Waals surface area contributed by atoms with E-state index in [4.69, 9.17) is 5.73 Å². The zero-order valence-electron chi connectivity index (χ0n) is 7.76. The molecule has 1 aliphatic carbocycles. The van der Waals surface area contributed by atoms with Crippen LogP contribution in [0.1, 0.15) is 30.0 Å². The molecule has 0 amide bonds. The van der Waals surface area contributed by atoms with Crippen molar-refractivity contribution >= 4 is 15.9 Å². The summed E-state index contributed by atoms with van der Waals surface area (Å²) in [5.74, 6) is 0.628. The Balaban J connectivity index is 2.34. The molecular weight excluding hydrogens is 230 g/mol. The number of fused-ring (bicyclic) bond motifs is 1. The van der Waals surface area contributed by atoms with Gasteiger partial charge in [0.05, 0.1) is 5.69 Å². The normalized spacial score (nSPS) is 20.7. The molecule has 0 radical (unpaired) electrons. The average molecular weight is 244 g/mol. The van der Waals surface area contributed by atoms with Crippen LogP contribution in [0.2, 0.25) is 0 Å². The summed E-state index contributed by atoms with van der Waals surface area (Å²) < 4.78 is 3.05. The van der Waals surface area contributed by atoms with E-state index >= 15 is 0 Å². The van der Waals surface area contributed by atoms with Crippen molar-refractivity contribution in [2.45, 2.75) is 25.2 Å². The molecule has 1 aromatic heterocycles. The lowest BCUT2D eigenvalue weighted by Crippen LogP contribution is -2.05. The largest absolute Gasteiger partial charge is 0.330 e. The Bertz CT molecular complexity index is 319. The summed E-state index contributed by atoms with van der Waals surface area (Å²) in [4.78, 5) is 0. The Morgan fingerprint density at radius 1 is 1.69 bits per heavy atom. The lowest BCUT2D eigenvalue weighted by Gasteiger charge is -2.08. The third-order valence-electron chi connectivity index (χ3n) is 2.74. The predicted octanol–water partition coefficient (Wildman–Crippen LogP) is 1.56. The van der Waals surface area contributed by atoms with E-state index in [0.717, 1.165) is 24.0 Å². The summed E-state index contributed by atoms with van der Waals surface area (Å²) in [6.45, 7) is 0.769. The molecule has 0 spiro atoms. The Labute approximate surface area is 86.4 Å². The third-order valence-corrected chi connectivity index (χ3v) is 3.68. The first-order chi connectivity index (χ1) is 6.24. The minimum absolute atomic E-state index is 0.628. The minimum Gasteiger partial charge on any atom is -0.330 e. The first-order valence-electron chi connectivity index (χ1n) is 4.65. The molecule has 0 saturated carbocycles. The predicted molar refractivity (Wildman–Crippen MR) is 55.6 cm³/mol. The van der Waals surface area contributed by atoms with Gasteiger partial charge in [-0.1, -0.05) is 0 Å². The molecular formula is C9H14BrN3. The maximum Gasteiger partial charge on any atom is 0.107 e. The lowest BCUT2D eigenvalue weighted by atomic mass is 10.0. The second-order valence-corrected chi connectivity index (χ2v) is 4.34. The summed E-state index contributed by atoms with van der Waals surface area (Å²) in [7, 11) is 1.97. The van der Waals surface area contributed by atoms with Crippen LogP contribution in [0.3, 0.4) is 0 Å². The SMILES string of the molecule is Cn1nc2c(c1Br)C(CCN)CC2. The van der Waals surface area contributed by atoms with Crippen molar-refractivity contribution in [3.63, 3.8) is 0 Å². The van der Waals surface area contributed by atoms with Crippen molar-refractivity contribution in [3.05, 3.63) is 15.9 Å². The van der Waals surface area contributed by atoms with Crippen molar-refractivity contribution in [2.75, 3.05) is 6.54 Å². The molecule has 1 unspecified atom stereocenters. The topological polar surface area (TPSA) is 43.8 Å². The van der Waals surface area contributed by atoms with Crippen LogP contribution in [0.25, 0.3) is 0 Å². The van der Waals surface area contributed by atoms with E-state index in [-0.39, 0.29) is 0 Å². The van der Waals surface area contributed by atoms with Gasteiger partial charge in [0.1, 0.15) is 4.60 Å². The molecule has 0 bridgehead atoms. The molecule has 0 aromatic carbocycles. The van der Waals surface area contributed by atoms with Gasteiger partial charge >= 0.3 is 0 Å². The van der Waals surface area contributed by atoms with Crippen LogP contribution >= 0.6 is 15.9 Å². The zero-order valence-corrected chi connectivity index (χ0v) is 9.34. The van der Waals surface area contributed by atoms with Crippen molar-refractivity contribution in [1.29, 1.82) is 0 Å². The molecule has 0 saturated heterocycles. The molecule has 4 heteroatoms. The first-order valence-corrected chi connectivity index (χ1v) is 5.44. The van der Waals surface area contributed by atoms with Gasteiger partial charge in [-0.2, -0.15) is 5.10 Å². The number of rotatable bonds is 2. The first kappa shape index (κ1) is 9.21. The van der Waals surface area contributed by atoms with Gasteiger partial charge in [-0.15, -0.1) is 0 Å². The lowest BCUT2D eigenvalue weighted by molar-refractivity contribution is 0.607. The molecule has 1 atom stereocenters. The molecule has 1 aromatic rings. The minimum atomic E-state index is 0.628. The van der Waals surface area contributed by atoms with Gasteiger partial charge in [0.15, 0.2) is 0 Å². The fraction of sp³-hybridized carbons (Fsp3) is 0.667. The van der Waals surface area contributed by atoms with Gasteiger partial charge in [-0.25, -0.2) is 0 Å². The van der Waals surface area contributed by atoms with E-state index in [1.807, 2.05) is 11.7 Å². The molecule has 13 heavy (non-hydrogen) atoms. The van der Waals surface area contributed by atoms with Crippen LogP contribution in [0.15, 0.2) is 4.60 Å². The summed E-state index contributed by atoms with van der Waals surface area (Å²) >= 11 is 3.57. The molecule has 1 heterocycles. The van der Waals surface area contributed by atoms with Crippen LogP contribution < -0.4 is 5.73 Å². The number of aromatic nitrogens is 2. The van der Waals surface area contributed by atoms with E-state index in [9.17, 15) is 0 Å². The maximum atomic E-state index is 5.58. The van der Waals surface area contributed by atoms with Crippen LogP contribution in [0.4, 0.5) is 0 Å². The highest BCUT2D eigenvalue weighted by Crippen LogP contribution is 2.39. The summed E-state index contributed by atoms with van der Waals surface area (Å²) in [6.07, 6.45) is 3.41. The standard InChI is InChI=1S/C9H14BrN3/c1-13-9(10)8-6(4-5-11)2-3-7(8)12-13/h6H,2-5,11H2,1H3. The number of hydrogen-bond donors (Lipinski definition) is 1. The molecule has 3 nitrogen and oxygen atoms in total. The van der Waals surface area contributed by atoms with Crippen molar-refractivity contribution in [3.8, 4) is 0 Å². The van der Waals surface area contributed by atoms with E-state index in [0.29, 0.717) is 5.92 Å². The summed E-state index contributed by atoms with van der Waals surface area (Å²) in [6, 6.07) is 0. The fourth-order valence-corrected chi connectivity index (χ4v) is 2.74. The second-order valence-electron chi connectivity index (χ2n) is 3.59. The Hall–Kier alpha value is -0.350. The average Bonchev–Trinajstić information content (AvgIpc) is 2.58. The number of nitrogens with two attached hydrogens (primary N) is 1. The van der Waals surface area contributed by atoms with Gasteiger partial charge in [-0.05, 0) is 47.7 Å². The number of aryl methyl sites for hydroxylation is 2. The van der Waals surface area contributed by atoms with Crippen LogP contribution in [0, 0.1) is 0 Å². The summed E-state index contributed by atoms with van der Waals surface area (Å²) in [5, 5.41) is 4.45. The zero-order chi connectivity index (χ0) is 9.42. The molecule has 0 fully saturated rings. The van der Waals surface area contributed by atoms with Crippen LogP contribution in [0.5, 0.6) is 0 Å². The molecule has 0 aliphatic heterocycles. The number of hydrogen-bond acceptors (Lipinski definition) is 2. The molecule has 2 N–H and O–H groups in total. The molecule has 2 rings (SSSR count). The number of nitrogens with zero attached hydrogens (tertiary/aromatic N) is 2. The molecule has 72 valence electrons. The van der Waals surface area contributed by atoms with Gasteiger partial charge in [-0.3, -0.25) is 4.68 Å². The number of halogens is 1. The van der Waals surface area contributed by atoms with E-state index in [2.05, 4.69) is 21.0 Å². The Morgan fingerprint density at radius 3 is 3.15 bits per heavy atom. The monoisotopic (exact) mass is 243 g/mol. The fourth-order valence-electron chi connectivity index (χ4n) is 2.11. The van der Waals surface area contributed by atoms with E-state index in [1.165, 1.54) is 17.7 Å². The van der Waals surface area contributed by atoms with Crippen molar-refractivity contribution in [2.24, 2.45) is 12.8 Å². The third kappa shape index (κ3) is 1.42.